The zero-order valence-corrected chi connectivity index (χ0v) is 20.9. The summed E-state index contributed by atoms with van der Waals surface area (Å²) in [4.78, 5) is 15.9. The number of carbonyl (C=O) groups is 1. The van der Waals surface area contributed by atoms with Crippen molar-refractivity contribution in [3.05, 3.63) is 60.4 Å². The Labute approximate surface area is 206 Å². The number of aromatic nitrogens is 2. The number of nitrogens with one attached hydrogen (secondary N) is 1. The van der Waals surface area contributed by atoms with E-state index in [1.807, 2.05) is 54.7 Å². The van der Waals surface area contributed by atoms with Gasteiger partial charge in [-0.1, -0.05) is 38.1 Å². The van der Waals surface area contributed by atoms with Gasteiger partial charge in [0.1, 0.15) is 0 Å². The number of hydrogen-bond donors (Lipinski definition) is 1. The van der Waals surface area contributed by atoms with Crippen LogP contribution in [0.5, 0.6) is 11.5 Å². The molecule has 1 unspecified atom stereocenters. The predicted octanol–water partition coefficient (Wildman–Crippen LogP) is 3.64. The molecule has 3 aromatic rings. The van der Waals surface area contributed by atoms with Gasteiger partial charge in [-0.2, -0.15) is 5.10 Å². The molecule has 0 bridgehead atoms. The average Bonchev–Trinajstić information content (AvgIpc) is 3.35. The van der Waals surface area contributed by atoms with Crippen LogP contribution in [0.2, 0.25) is 0 Å². The van der Waals surface area contributed by atoms with E-state index >= 15 is 0 Å². The first-order valence-electron chi connectivity index (χ1n) is 12.0. The summed E-state index contributed by atoms with van der Waals surface area (Å²) >= 11 is 0. The third kappa shape index (κ3) is 5.66. The van der Waals surface area contributed by atoms with Gasteiger partial charge < -0.3 is 19.5 Å². The molecule has 0 saturated carbocycles. The quantitative estimate of drug-likeness (QED) is 0.506. The fraction of sp³-hybridized carbons (Fsp3) is 0.407. The van der Waals surface area contributed by atoms with E-state index in [1.54, 1.807) is 18.9 Å². The Hall–Kier alpha value is -3.36. The Kier molecular flexibility index (Phi) is 8.05. The summed E-state index contributed by atoms with van der Waals surface area (Å²) in [5.74, 6) is 1.41. The van der Waals surface area contributed by atoms with Gasteiger partial charge in [0.05, 0.1) is 33.1 Å². The molecule has 4 rings (SSSR count). The van der Waals surface area contributed by atoms with Crippen molar-refractivity contribution in [3.63, 3.8) is 0 Å². The van der Waals surface area contributed by atoms with Crippen LogP contribution in [0.3, 0.4) is 0 Å². The molecule has 1 N–H and O–H groups in total. The van der Waals surface area contributed by atoms with Gasteiger partial charge in [-0.25, -0.2) is 4.68 Å². The first-order valence-corrected chi connectivity index (χ1v) is 12.0. The maximum Gasteiger partial charge on any atom is 0.272 e. The van der Waals surface area contributed by atoms with Gasteiger partial charge in [0.15, 0.2) is 17.2 Å². The second kappa shape index (κ2) is 11.4. The molecule has 2 heterocycles. The van der Waals surface area contributed by atoms with Crippen molar-refractivity contribution in [2.24, 2.45) is 5.92 Å². The summed E-state index contributed by atoms with van der Waals surface area (Å²) in [6.45, 7) is 8.11. The summed E-state index contributed by atoms with van der Waals surface area (Å²) in [5, 5.41) is 7.84. The van der Waals surface area contributed by atoms with Gasteiger partial charge in [-0.15, -0.1) is 0 Å². The van der Waals surface area contributed by atoms with Crippen molar-refractivity contribution in [1.29, 1.82) is 0 Å². The first kappa shape index (κ1) is 24.8. The number of methoxy groups -OCH3 is 2. The molecule has 1 fully saturated rings. The number of carbonyl (C=O) groups excluding carboxylic acids is 1. The topological polar surface area (TPSA) is 77.9 Å². The Bertz CT molecular complexity index is 1120. The predicted molar refractivity (Wildman–Crippen MR) is 135 cm³/mol. The van der Waals surface area contributed by atoms with E-state index < -0.39 is 0 Å². The van der Waals surface area contributed by atoms with Crippen LogP contribution in [0.25, 0.3) is 16.8 Å². The standard InChI is InChI=1S/C27H34N4O4/c1-19(2)23(30-12-14-35-15-13-30)17-28-27(32)26-22(18-31(29-26)21-8-6-5-7-9-21)20-10-11-24(33-3)25(16-20)34-4/h5-11,16,18-19,23H,12-15,17H2,1-4H3,(H,28,32). The monoisotopic (exact) mass is 478 g/mol. The molecule has 8 nitrogen and oxygen atoms in total. The molecule has 186 valence electrons. The SMILES string of the molecule is COc1ccc(-c2cn(-c3ccccc3)nc2C(=O)NCC(C(C)C)N2CCOCC2)cc1OC. The smallest absolute Gasteiger partial charge is 0.272 e. The van der Waals surface area contributed by atoms with Crippen molar-refractivity contribution < 1.29 is 19.0 Å². The minimum Gasteiger partial charge on any atom is -0.493 e. The molecule has 8 heteroatoms. The van der Waals surface area contributed by atoms with Crippen molar-refractivity contribution in [2.45, 2.75) is 19.9 Å². The van der Waals surface area contributed by atoms with Crippen LogP contribution in [0.4, 0.5) is 0 Å². The van der Waals surface area contributed by atoms with Crippen LogP contribution >= 0.6 is 0 Å². The first-order chi connectivity index (χ1) is 17.0. The van der Waals surface area contributed by atoms with Crippen molar-refractivity contribution >= 4 is 5.91 Å². The Morgan fingerprint density at radius 3 is 2.43 bits per heavy atom. The number of hydrogen-bond acceptors (Lipinski definition) is 6. The normalized spacial score (nSPS) is 15.1. The average molecular weight is 479 g/mol. The van der Waals surface area contributed by atoms with Crippen molar-refractivity contribution in [3.8, 4) is 28.3 Å². The summed E-state index contributed by atoms with van der Waals surface area (Å²) < 4.78 is 18.1. The van der Waals surface area contributed by atoms with Gasteiger partial charge >= 0.3 is 0 Å². The molecule has 2 aromatic carbocycles. The highest BCUT2D eigenvalue weighted by Gasteiger charge is 2.26. The van der Waals surface area contributed by atoms with Crippen molar-refractivity contribution in [2.75, 3.05) is 47.1 Å². The van der Waals surface area contributed by atoms with Gasteiger partial charge in [-0.05, 0) is 35.7 Å². The molecule has 1 saturated heterocycles. The van der Waals surface area contributed by atoms with E-state index in [9.17, 15) is 4.79 Å². The summed E-state index contributed by atoms with van der Waals surface area (Å²) in [6, 6.07) is 15.6. The van der Waals surface area contributed by atoms with Crippen LogP contribution < -0.4 is 14.8 Å². The fourth-order valence-corrected chi connectivity index (χ4v) is 4.45. The molecule has 0 spiro atoms. The summed E-state index contributed by atoms with van der Waals surface area (Å²) in [5.41, 5.74) is 2.79. The largest absolute Gasteiger partial charge is 0.493 e. The molecular weight excluding hydrogens is 444 g/mol. The number of morpholine rings is 1. The molecule has 1 atom stereocenters. The van der Waals surface area contributed by atoms with E-state index in [4.69, 9.17) is 14.2 Å². The van der Waals surface area contributed by atoms with Gasteiger partial charge in [-0.3, -0.25) is 9.69 Å². The third-order valence-corrected chi connectivity index (χ3v) is 6.40. The molecule has 0 aliphatic carbocycles. The summed E-state index contributed by atoms with van der Waals surface area (Å²) in [6.07, 6.45) is 1.88. The van der Waals surface area contributed by atoms with Gasteiger partial charge in [0, 0.05) is 37.4 Å². The Balaban J connectivity index is 1.65. The Morgan fingerprint density at radius 1 is 1.06 bits per heavy atom. The van der Waals surface area contributed by atoms with E-state index in [-0.39, 0.29) is 11.9 Å². The lowest BCUT2D eigenvalue weighted by Gasteiger charge is -2.36. The number of para-hydroxylation sites is 1. The molecular formula is C27H34N4O4. The number of nitrogens with zero attached hydrogens (tertiary/aromatic N) is 3. The highest BCUT2D eigenvalue weighted by Crippen LogP contribution is 2.34. The number of ether oxygens (including phenoxy) is 3. The fourth-order valence-electron chi connectivity index (χ4n) is 4.45. The molecule has 1 aliphatic heterocycles. The maximum atomic E-state index is 13.5. The minimum absolute atomic E-state index is 0.205. The van der Waals surface area contributed by atoms with E-state index in [0.29, 0.717) is 29.7 Å². The molecule has 35 heavy (non-hydrogen) atoms. The van der Waals surface area contributed by atoms with Crippen LogP contribution in [0.15, 0.2) is 54.7 Å². The Morgan fingerprint density at radius 2 is 1.77 bits per heavy atom. The second-order valence-corrected chi connectivity index (χ2v) is 8.91. The molecule has 0 radical (unpaired) electrons. The van der Waals surface area contributed by atoms with Crippen LogP contribution in [0, 0.1) is 5.92 Å². The number of benzene rings is 2. The minimum atomic E-state index is -0.205. The third-order valence-electron chi connectivity index (χ3n) is 6.40. The van der Waals surface area contributed by atoms with E-state index in [1.165, 1.54) is 0 Å². The van der Waals surface area contributed by atoms with E-state index in [0.717, 1.165) is 43.1 Å². The maximum absolute atomic E-state index is 13.5. The molecule has 1 amide bonds. The van der Waals surface area contributed by atoms with Crippen LogP contribution in [0.1, 0.15) is 24.3 Å². The van der Waals surface area contributed by atoms with Crippen LogP contribution in [-0.2, 0) is 4.74 Å². The lowest BCUT2D eigenvalue weighted by molar-refractivity contribution is 0.00671. The molecule has 1 aromatic heterocycles. The zero-order valence-electron chi connectivity index (χ0n) is 20.9. The zero-order chi connectivity index (χ0) is 24.8. The summed E-state index contributed by atoms with van der Waals surface area (Å²) in [7, 11) is 3.20. The molecule has 1 aliphatic rings. The van der Waals surface area contributed by atoms with Crippen LogP contribution in [-0.4, -0.2) is 73.7 Å². The number of amides is 1. The van der Waals surface area contributed by atoms with E-state index in [2.05, 4.69) is 29.2 Å². The lowest BCUT2D eigenvalue weighted by Crippen LogP contribution is -2.51. The van der Waals surface area contributed by atoms with Gasteiger partial charge in [0.2, 0.25) is 0 Å². The van der Waals surface area contributed by atoms with Crippen molar-refractivity contribution in [1.82, 2.24) is 20.0 Å². The second-order valence-electron chi connectivity index (χ2n) is 8.91. The highest BCUT2D eigenvalue weighted by molar-refractivity contribution is 5.99. The van der Waals surface area contributed by atoms with Gasteiger partial charge in [0.25, 0.3) is 5.91 Å². The highest BCUT2D eigenvalue weighted by atomic mass is 16.5. The number of rotatable bonds is 9. The lowest BCUT2D eigenvalue weighted by atomic mass is 10.0.